The molecule has 9 heteroatoms. The van der Waals surface area contributed by atoms with E-state index >= 15 is 0 Å². The first-order valence-electron chi connectivity index (χ1n) is 9.06. The number of carbonyl (C=O) groups is 2. The summed E-state index contributed by atoms with van der Waals surface area (Å²) in [5.41, 5.74) is 5.15. The molecule has 5 N–H and O–H groups in total. The fourth-order valence-corrected chi connectivity index (χ4v) is 3.77. The number of nitrogens with two attached hydrogens (primary N) is 1. The van der Waals surface area contributed by atoms with Crippen LogP contribution in [0.15, 0.2) is 24.3 Å². The number of likely N-dealkylation sites (tertiary alicyclic amines) is 1. The van der Waals surface area contributed by atoms with Crippen LogP contribution in [0.2, 0.25) is 5.02 Å². The fraction of sp³-hybridized carbons (Fsp3) is 0.579. The van der Waals surface area contributed by atoms with E-state index in [9.17, 15) is 14.7 Å². The van der Waals surface area contributed by atoms with Crippen LogP contribution < -0.4 is 11.1 Å². The maximum atomic E-state index is 12.7. The Kier molecular flexibility index (Phi) is 8.56. The quantitative estimate of drug-likeness (QED) is 0.514. The molecule has 0 bridgehead atoms. The lowest BCUT2D eigenvalue weighted by Crippen LogP contribution is -2.59. The van der Waals surface area contributed by atoms with E-state index in [-0.39, 0.29) is 24.9 Å². The number of carbonyl (C=O) groups excluding carboxylic acids is 1. The van der Waals surface area contributed by atoms with E-state index in [4.69, 9.17) is 22.4 Å². The molecule has 0 radical (unpaired) electrons. The maximum Gasteiger partial charge on any atom is 0.404 e. The molecule has 1 aromatic carbocycles. The van der Waals surface area contributed by atoms with Gasteiger partial charge in [-0.3, -0.25) is 4.79 Å². The molecule has 1 aliphatic rings. The van der Waals surface area contributed by atoms with Crippen molar-refractivity contribution in [3.8, 4) is 0 Å². The van der Waals surface area contributed by atoms with Crippen molar-refractivity contribution in [1.29, 1.82) is 0 Å². The van der Waals surface area contributed by atoms with Crippen molar-refractivity contribution >= 4 is 36.0 Å². The topological polar surface area (TPSA) is 116 Å². The number of rotatable bonds is 6. The highest BCUT2D eigenvalue weighted by molar-refractivity contribution is 6.30. The predicted molar refractivity (Wildman–Crippen MR) is 111 cm³/mol. The highest BCUT2D eigenvalue weighted by Crippen LogP contribution is 2.46. The number of hydrogen-bond acceptors (Lipinski definition) is 4. The molecule has 2 amide bonds. The molecule has 1 fully saturated rings. The molecule has 0 spiro atoms. The molecule has 1 aromatic rings. The van der Waals surface area contributed by atoms with Crippen molar-refractivity contribution in [3.05, 3.63) is 34.9 Å². The van der Waals surface area contributed by atoms with Gasteiger partial charge in [-0.1, -0.05) is 37.6 Å². The number of nitrogens with one attached hydrogen (secondary N) is 1. The summed E-state index contributed by atoms with van der Waals surface area (Å²) in [5.74, 6) is -0.170. The number of piperidine rings is 1. The normalized spacial score (nSPS) is 22.1. The smallest absolute Gasteiger partial charge is 0.404 e. The van der Waals surface area contributed by atoms with Gasteiger partial charge in [0, 0.05) is 30.1 Å². The zero-order chi connectivity index (χ0) is 20.2. The summed E-state index contributed by atoms with van der Waals surface area (Å²) in [5, 5.41) is 22.8. The van der Waals surface area contributed by atoms with Crippen LogP contribution in [0.25, 0.3) is 0 Å². The van der Waals surface area contributed by atoms with Crippen molar-refractivity contribution in [2.45, 2.75) is 44.8 Å². The molecule has 7 nitrogen and oxygen atoms in total. The second kappa shape index (κ2) is 9.78. The number of halogens is 2. The minimum Gasteiger partial charge on any atom is -0.465 e. The van der Waals surface area contributed by atoms with E-state index in [1.807, 2.05) is 26.0 Å². The lowest BCUT2D eigenvalue weighted by atomic mass is 9.66. The van der Waals surface area contributed by atoms with Crippen molar-refractivity contribution in [2.24, 2.45) is 11.1 Å². The first-order chi connectivity index (χ1) is 12.6. The van der Waals surface area contributed by atoms with E-state index in [0.29, 0.717) is 37.4 Å². The molecule has 0 aliphatic carbocycles. The van der Waals surface area contributed by atoms with Gasteiger partial charge in [0.2, 0.25) is 5.91 Å². The first kappa shape index (κ1) is 24.5. The molecule has 1 saturated heterocycles. The first-order valence-corrected chi connectivity index (χ1v) is 9.44. The largest absolute Gasteiger partial charge is 0.465 e. The number of carboxylic acid groups (broad SMARTS) is 1. The molecule has 0 unspecified atom stereocenters. The third kappa shape index (κ3) is 5.50. The number of amides is 2. The van der Waals surface area contributed by atoms with Gasteiger partial charge < -0.3 is 26.2 Å². The van der Waals surface area contributed by atoms with Gasteiger partial charge in [-0.25, -0.2) is 4.79 Å². The van der Waals surface area contributed by atoms with Crippen molar-refractivity contribution in [3.63, 3.8) is 0 Å². The number of aliphatic hydroxyl groups is 1. The summed E-state index contributed by atoms with van der Waals surface area (Å²) >= 11 is 5.95. The minimum absolute atomic E-state index is 0. The van der Waals surface area contributed by atoms with Gasteiger partial charge in [0.05, 0.1) is 11.6 Å². The average molecular weight is 434 g/mol. The van der Waals surface area contributed by atoms with Gasteiger partial charge in [-0.15, -0.1) is 12.4 Å². The number of benzene rings is 1. The van der Waals surface area contributed by atoms with Crippen LogP contribution in [0.3, 0.4) is 0 Å². The Morgan fingerprint density at radius 2 is 1.93 bits per heavy atom. The summed E-state index contributed by atoms with van der Waals surface area (Å²) in [7, 11) is 0. The summed E-state index contributed by atoms with van der Waals surface area (Å²) in [4.78, 5) is 24.8. The van der Waals surface area contributed by atoms with Crippen molar-refractivity contribution < 1.29 is 19.8 Å². The van der Waals surface area contributed by atoms with Gasteiger partial charge in [-0.2, -0.15) is 0 Å². The van der Waals surface area contributed by atoms with E-state index in [1.165, 1.54) is 0 Å². The van der Waals surface area contributed by atoms with E-state index in [1.54, 1.807) is 17.0 Å². The Labute approximate surface area is 176 Å². The van der Waals surface area contributed by atoms with Gasteiger partial charge in [0.1, 0.15) is 0 Å². The van der Waals surface area contributed by atoms with Gasteiger partial charge in [0.25, 0.3) is 0 Å². The van der Waals surface area contributed by atoms with Gasteiger partial charge in [0.15, 0.2) is 0 Å². The lowest BCUT2D eigenvalue weighted by molar-refractivity contribution is -0.154. The third-order valence-corrected chi connectivity index (χ3v) is 5.62. The second-order valence-corrected chi connectivity index (χ2v) is 8.18. The van der Waals surface area contributed by atoms with E-state index in [2.05, 4.69) is 5.32 Å². The van der Waals surface area contributed by atoms with Crippen LogP contribution in [0, 0.1) is 5.41 Å². The third-order valence-electron chi connectivity index (χ3n) is 5.37. The van der Waals surface area contributed by atoms with Crippen LogP contribution >= 0.6 is 24.0 Å². The minimum atomic E-state index is -1.09. The monoisotopic (exact) mass is 433 g/mol. The van der Waals surface area contributed by atoms with Crippen LogP contribution in [-0.4, -0.2) is 52.8 Å². The molecular formula is C19H29Cl2N3O4. The summed E-state index contributed by atoms with van der Waals surface area (Å²) in [6, 6.07) is 6.47. The number of nitrogens with zero attached hydrogens (tertiary/aromatic N) is 1. The molecule has 0 aromatic heterocycles. The molecule has 0 saturated carbocycles. The number of hydrogen-bond donors (Lipinski definition) is 4. The van der Waals surface area contributed by atoms with Crippen molar-refractivity contribution in [2.75, 3.05) is 19.6 Å². The fourth-order valence-electron chi connectivity index (χ4n) is 3.65. The molecular weight excluding hydrogens is 405 g/mol. The zero-order valence-corrected chi connectivity index (χ0v) is 17.7. The Morgan fingerprint density at radius 3 is 2.46 bits per heavy atom. The van der Waals surface area contributed by atoms with Crippen LogP contribution in [-0.2, 0) is 10.4 Å². The van der Waals surface area contributed by atoms with Crippen LogP contribution in [0.4, 0.5) is 4.79 Å². The summed E-state index contributed by atoms with van der Waals surface area (Å²) in [6.07, 6.45) is 0.206. The predicted octanol–water partition coefficient (Wildman–Crippen LogP) is 2.58. The second-order valence-electron chi connectivity index (χ2n) is 7.74. The highest BCUT2D eigenvalue weighted by Gasteiger charge is 2.49. The molecule has 158 valence electrons. The van der Waals surface area contributed by atoms with Crippen molar-refractivity contribution in [1.82, 2.24) is 10.2 Å². The Bertz CT molecular complexity index is 684. The maximum absolute atomic E-state index is 12.7. The summed E-state index contributed by atoms with van der Waals surface area (Å²) < 4.78 is 0. The average Bonchev–Trinajstić information content (AvgIpc) is 2.60. The SMILES string of the molecule is CC1(C)CN(C(=O)[C@H](N)CCCNC(=O)O)CC[C@]1(O)c1ccc(Cl)cc1.Cl. The Morgan fingerprint density at radius 1 is 1.32 bits per heavy atom. The summed E-state index contributed by atoms with van der Waals surface area (Å²) in [6.45, 7) is 4.92. The molecule has 2 rings (SSSR count). The zero-order valence-electron chi connectivity index (χ0n) is 16.2. The molecule has 2 atom stereocenters. The standard InChI is InChI=1S/C19H28ClN3O4.ClH/c1-18(2)12-23(16(24)15(21)4-3-10-22-17(25)26)11-9-19(18,27)13-5-7-14(20)8-6-13;/h5-8,15,22,27H,3-4,9-12,21H2,1-2H3,(H,25,26);1H/t15-,19+;/m1./s1. The Balaban J connectivity index is 0.00000392. The van der Waals surface area contributed by atoms with Gasteiger partial charge >= 0.3 is 6.09 Å². The highest BCUT2D eigenvalue weighted by atomic mass is 35.5. The molecule has 1 aliphatic heterocycles. The molecule has 1 heterocycles. The van der Waals surface area contributed by atoms with Gasteiger partial charge in [-0.05, 0) is 37.0 Å². The lowest BCUT2D eigenvalue weighted by Gasteiger charge is -2.51. The Hall–Kier alpha value is -1.54. The van der Waals surface area contributed by atoms with E-state index < -0.39 is 23.2 Å². The molecule has 28 heavy (non-hydrogen) atoms. The van der Waals surface area contributed by atoms with E-state index in [0.717, 1.165) is 5.56 Å². The van der Waals surface area contributed by atoms with Crippen LogP contribution in [0.1, 0.15) is 38.7 Å². The van der Waals surface area contributed by atoms with Crippen LogP contribution in [0.5, 0.6) is 0 Å².